The molecule has 0 aliphatic carbocycles. The molecule has 2 nitrogen and oxygen atoms in total. The van der Waals surface area contributed by atoms with Crippen LogP contribution < -0.4 is 0 Å². The average Bonchev–Trinajstić information content (AvgIpc) is 1.72. The lowest BCUT2D eigenvalue weighted by atomic mass is 10.3. The Bertz CT molecular complexity index is 53.7. The van der Waals surface area contributed by atoms with Crippen molar-refractivity contribution in [3.8, 4) is 0 Å². The third-order valence-corrected chi connectivity index (χ3v) is 1.82. The summed E-state index contributed by atoms with van der Waals surface area (Å²) in [5.74, 6) is 0. The number of nitrogens with zero attached hydrogens (tertiary/aromatic N) is 1. The normalized spacial score (nSPS) is 13.4. The highest BCUT2D eigenvalue weighted by atomic mass is 127. The molecule has 7 heavy (non-hydrogen) atoms. The molecular formula is C4H8INO. The average molecular weight is 213 g/mol. The third kappa shape index (κ3) is 2.96. The van der Waals surface area contributed by atoms with Crippen LogP contribution in [0.2, 0.25) is 0 Å². The molecule has 0 N–H and O–H groups in total. The van der Waals surface area contributed by atoms with Gasteiger partial charge in [0, 0.05) is 4.43 Å². The van der Waals surface area contributed by atoms with Crippen molar-refractivity contribution in [3.05, 3.63) is 4.91 Å². The molecule has 0 saturated heterocycles. The zero-order valence-corrected chi connectivity index (χ0v) is 6.38. The van der Waals surface area contributed by atoms with Crippen LogP contribution in [-0.4, -0.2) is 10.5 Å². The number of alkyl halides is 1. The lowest BCUT2D eigenvalue weighted by Gasteiger charge is -1.94. The summed E-state index contributed by atoms with van der Waals surface area (Å²) in [5.41, 5.74) is 0. The molecule has 0 aliphatic rings. The highest BCUT2D eigenvalue weighted by Crippen LogP contribution is 1.99. The summed E-state index contributed by atoms with van der Waals surface area (Å²) >= 11 is 2.16. The lowest BCUT2D eigenvalue weighted by Crippen LogP contribution is -2.00. The second kappa shape index (κ2) is 4.49. The Labute approximate surface area is 56.8 Å². The largest absolute Gasteiger partial charge is 0.150 e. The van der Waals surface area contributed by atoms with E-state index in [4.69, 9.17) is 0 Å². The van der Waals surface area contributed by atoms with Crippen molar-refractivity contribution >= 4 is 22.6 Å². The van der Waals surface area contributed by atoms with Gasteiger partial charge in [-0.2, -0.15) is 4.91 Å². The fourth-order valence-electron chi connectivity index (χ4n) is 0.212. The minimum Gasteiger partial charge on any atom is -0.150 e. The molecule has 0 rings (SSSR count). The first kappa shape index (κ1) is 7.33. The quantitative estimate of drug-likeness (QED) is 0.400. The number of hydrogen-bond acceptors (Lipinski definition) is 2. The minimum atomic E-state index is 0.0422. The molecule has 1 unspecified atom stereocenters. The second-order valence-corrected chi connectivity index (χ2v) is 2.20. The van der Waals surface area contributed by atoms with Gasteiger partial charge in [0.2, 0.25) is 0 Å². The van der Waals surface area contributed by atoms with Crippen LogP contribution in [0.3, 0.4) is 0 Å². The molecule has 0 aliphatic heterocycles. The van der Waals surface area contributed by atoms with Gasteiger partial charge in [0.25, 0.3) is 0 Å². The Hall–Kier alpha value is 0.330. The summed E-state index contributed by atoms with van der Waals surface area (Å²) < 4.78 is 0.845. The first-order valence-electron chi connectivity index (χ1n) is 2.23. The Morgan fingerprint density at radius 3 is 2.43 bits per heavy atom. The molecule has 42 valence electrons. The summed E-state index contributed by atoms with van der Waals surface area (Å²) in [7, 11) is 0. The zero-order valence-electron chi connectivity index (χ0n) is 4.22. The molecule has 0 fully saturated rings. The topological polar surface area (TPSA) is 29.4 Å². The van der Waals surface area contributed by atoms with Gasteiger partial charge in [-0.15, -0.1) is 0 Å². The van der Waals surface area contributed by atoms with E-state index in [1.165, 1.54) is 0 Å². The standard InChI is InChI=1S/C4H8INO/c1-2-4(3-5)6-7/h4H,2-3H2,1H3. The summed E-state index contributed by atoms with van der Waals surface area (Å²) in [4.78, 5) is 9.71. The maximum atomic E-state index is 9.71. The lowest BCUT2D eigenvalue weighted by molar-refractivity contribution is 0.730. The SMILES string of the molecule is CCC(CI)N=O. The van der Waals surface area contributed by atoms with Gasteiger partial charge in [-0.05, 0) is 6.42 Å². The highest BCUT2D eigenvalue weighted by Gasteiger charge is 1.99. The van der Waals surface area contributed by atoms with Crippen LogP contribution in [0.25, 0.3) is 0 Å². The smallest absolute Gasteiger partial charge is 0.101 e. The van der Waals surface area contributed by atoms with E-state index in [0.29, 0.717) is 0 Å². The van der Waals surface area contributed by atoms with Gasteiger partial charge in [0.05, 0.1) is 0 Å². The molecule has 0 aromatic rings. The first-order valence-corrected chi connectivity index (χ1v) is 3.76. The van der Waals surface area contributed by atoms with Crippen molar-refractivity contribution in [2.45, 2.75) is 19.4 Å². The summed E-state index contributed by atoms with van der Waals surface area (Å²) in [6.07, 6.45) is 0.868. The Balaban J connectivity index is 3.16. The molecule has 0 heterocycles. The number of nitroso groups, excluding NO2 is 1. The maximum absolute atomic E-state index is 9.71. The minimum absolute atomic E-state index is 0.0422. The van der Waals surface area contributed by atoms with Crippen LogP contribution in [0.5, 0.6) is 0 Å². The van der Waals surface area contributed by atoms with Gasteiger partial charge in [-0.1, -0.05) is 34.7 Å². The van der Waals surface area contributed by atoms with Gasteiger partial charge in [0.15, 0.2) is 0 Å². The predicted octanol–water partition coefficient (Wildman–Crippen LogP) is 1.97. The fraction of sp³-hybridized carbons (Fsp3) is 1.00. The van der Waals surface area contributed by atoms with E-state index in [-0.39, 0.29) is 6.04 Å². The van der Waals surface area contributed by atoms with Crippen molar-refractivity contribution in [2.75, 3.05) is 4.43 Å². The van der Waals surface area contributed by atoms with Crippen molar-refractivity contribution in [1.82, 2.24) is 0 Å². The van der Waals surface area contributed by atoms with E-state index < -0.39 is 0 Å². The van der Waals surface area contributed by atoms with Crippen LogP contribution in [-0.2, 0) is 0 Å². The fourth-order valence-corrected chi connectivity index (χ4v) is 0.995. The van der Waals surface area contributed by atoms with E-state index >= 15 is 0 Å². The Morgan fingerprint density at radius 2 is 2.43 bits per heavy atom. The molecule has 0 amide bonds. The number of hydrogen-bond donors (Lipinski definition) is 0. The Morgan fingerprint density at radius 1 is 1.86 bits per heavy atom. The number of rotatable bonds is 3. The van der Waals surface area contributed by atoms with E-state index in [1.807, 2.05) is 6.92 Å². The number of halogens is 1. The van der Waals surface area contributed by atoms with Crippen molar-refractivity contribution in [3.63, 3.8) is 0 Å². The molecule has 3 heteroatoms. The monoisotopic (exact) mass is 213 g/mol. The molecule has 0 radical (unpaired) electrons. The molecule has 0 spiro atoms. The summed E-state index contributed by atoms with van der Waals surface area (Å²) in [6.45, 7) is 1.96. The van der Waals surface area contributed by atoms with Gasteiger partial charge in [-0.25, -0.2) is 0 Å². The molecule has 0 aromatic heterocycles. The highest BCUT2D eigenvalue weighted by molar-refractivity contribution is 14.1. The van der Waals surface area contributed by atoms with Crippen LogP contribution in [0.15, 0.2) is 5.18 Å². The molecular weight excluding hydrogens is 205 g/mol. The first-order chi connectivity index (χ1) is 3.35. The summed E-state index contributed by atoms with van der Waals surface area (Å²) in [5, 5.41) is 2.87. The van der Waals surface area contributed by atoms with Crippen molar-refractivity contribution in [1.29, 1.82) is 0 Å². The van der Waals surface area contributed by atoms with E-state index in [1.54, 1.807) is 0 Å². The van der Waals surface area contributed by atoms with Crippen molar-refractivity contribution < 1.29 is 0 Å². The van der Waals surface area contributed by atoms with Gasteiger partial charge < -0.3 is 0 Å². The third-order valence-electron chi connectivity index (χ3n) is 0.798. The van der Waals surface area contributed by atoms with Gasteiger partial charge in [0.1, 0.15) is 6.04 Å². The Kier molecular flexibility index (Phi) is 4.70. The predicted molar refractivity (Wildman–Crippen MR) is 38.8 cm³/mol. The van der Waals surface area contributed by atoms with Crippen LogP contribution >= 0.6 is 22.6 Å². The van der Waals surface area contributed by atoms with Crippen LogP contribution in [0.1, 0.15) is 13.3 Å². The van der Waals surface area contributed by atoms with Gasteiger partial charge in [-0.3, -0.25) is 0 Å². The maximum Gasteiger partial charge on any atom is 0.101 e. The molecule has 0 aromatic carbocycles. The van der Waals surface area contributed by atoms with E-state index in [0.717, 1.165) is 10.8 Å². The van der Waals surface area contributed by atoms with E-state index in [2.05, 4.69) is 27.8 Å². The van der Waals surface area contributed by atoms with Gasteiger partial charge >= 0.3 is 0 Å². The van der Waals surface area contributed by atoms with Crippen LogP contribution in [0.4, 0.5) is 0 Å². The molecule has 0 bridgehead atoms. The van der Waals surface area contributed by atoms with Crippen LogP contribution in [0, 0.1) is 4.91 Å². The zero-order chi connectivity index (χ0) is 5.70. The molecule has 1 atom stereocenters. The van der Waals surface area contributed by atoms with Crippen molar-refractivity contribution in [2.24, 2.45) is 5.18 Å². The second-order valence-electron chi connectivity index (χ2n) is 1.32. The molecule has 0 saturated carbocycles. The summed E-state index contributed by atoms with van der Waals surface area (Å²) in [6, 6.07) is 0.0422. The van der Waals surface area contributed by atoms with E-state index in [9.17, 15) is 4.91 Å².